The van der Waals surface area contributed by atoms with Gasteiger partial charge in [-0.05, 0) is 61.4 Å². The molecule has 31 heavy (non-hydrogen) atoms. The van der Waals surface area contributed by atoms with E-state index in [1.807, 2.05) is 24.3 Å². The zero-order valence-electron chi connectivity index (χ0n) is 17.5. The molecule has 1 saturated carbocycles. The third kappa shape index (κ3) is 4.93. The molecule has 1 N–H and O–H groups in total. The van der Waals surface area contributed by atoms with Crippen molar-refractivity contribution >= 4 is 40.9 Å². The average Bonchev–Trinajstić information content (AvgIpc) is 3.08. The van der Waals surface area contributed by atoms with Crippen LogP contribution in [0.1, 0.15) is 38.5 Å². The number of amides is 3. The summed E-state index contributed by atoms with van der Waals surface area (Å²) in [5, 5.41) is 2.54. The predicted molar refractivity (Wildman–Crippen MR) is 121 cm³/mol. The highest BCUT2D eigenvalue weighted by molar-refractivity contribution is 8.00. The molecule has 1 saturated heterocycles. The quantitative estimate of drug-likeness (QED) is 0.665. The van der Waals surface area contributed by atoms with Crippen molar-refractivity contribution in [2.75, 3.05) is 17.3 Å². The third-order valence-electron chi connectivity index (χ3n) is 5.81. The number of nitrogens with zero attached hydrogens (tertiary/aromatic N) is 1. The van der Waals surface area contributed by atoms with Crippen molar-refractivity contribution in [3.05, 3.63) is 48.5 Å². The van der Waals surface area contributed by atoms with Gasteiger partial charge in [0.2, 0.25) is 17.7 Å². The number of imide groups is 1. The Labute approximate surface area is 186 Å². The highest BCUT2D eigenvalue weighted by Gasteiger charge is 2.40. The molecule has 0 aromatic heterocycles. The smallest absolute Gasteiger partial charge is 0.247 e. The summed E-state index contributed by atoms with van der Waals surface area (Å²) >= 11 is 1.38. The summed E-state index contributed by atoms with van der Waals surface area (Å²) in [5.41, 5.74) is 1.31. The Morgan fingerprint density at radius 3 is 2.32 bits per heavy atom. The van der Waals surface area contributed by atoms with E-state index in [4.69, 9.17) is 4.74 Å². The molecule has 162 valence electrons. The van der Waals surface area contributed by atoms with E-state index in [1.165, 1.54) is 23.1 Å². The third-order valence-corrected chi connectivity index (χ3v) is 7.01. The molecule has 2 aliphatic rings. The molecule has 1 atom stereocenters. The van der Waals surface area contributed by atoms with Gasteiger partial charge in [0.1, 0.15) is 5.75 Å². The standard InChI is InChI=1S/C24H26N2O4S/c1-30-19-11-9-18(10-12-19)26-22(27)15-21(24(26)29)31-20-13-7-17(8-14-20)25-23(28)16-5-3-2-4-6-16/h7-14,16,21H,2-6,15H2,1H3,(H,25,28)/t21-/m0/s1. The molecule has 1 aliphatic heterocycles. The second-order valence-electron chi connectivity index (χ2n) is 7.92. The minimum absolute atomic E-state index is 0.0896. The SMILES string of the molecule is COc1ccc(N2C(=O)C[C@H](Sc3ccc(NC(=O)C4CCCCC4)cc3)C2=O)cc1. The van der Waals surface area contributed by atoms with Crippen LogP contribution in [0.15, 0.2) is 53.4 Å². The van der Waals surface area contributed by atoms with Crippen molar-refractivity contribution in [3.63, 3.8) is 0 Å². The number of anilines is 2. The Balaban J connectivity index is 1.37. The molecule has 0 radical (unpaired) electrons. The number of hydrogen-bond acceptors (Lipinski definition) is 5. The molecule has 1 aliphatic carbocycles. The van der Waals surface area contributed by atoms with Gasteiger partial charge in [-0.1, -0.05) is 19.3 Å². The van der Waals surface area contributed by atoms with Gasteiger partial charge in [-0.15, -0.1) is 11.8 Å². The van der Waals surface area contributed by atoms with Crippen molar-refractivity contribution in [1.82, 2.24) is 0 Å². The summed E-state index contributed by atoms with van der Waals surface area (Å²) in [6, 6.07) is 14.4. The molecule has 7 heteroatoms. The lowest BCUT2D eigenvalue weighted by atomic mass is 9.88. The van der Waals surface area contributed by atoms with Crippen LogP contribution in [-0.2, 0) is 14.4 Å². The minimum Gasteiger partial charge on any atom is -0.497 e. The van der Waals surface area contributed by atoms with E-state index in [0.717, 1.165) is 36.3 Å². The van der Waals surface area contributed by atoms with Crippen molar-refractivity contribution in [1.29, 1.82) is 0 Å². The van der Waals surface area contributed by atoms with Gasteiger partial charge in [-0.2, -0.15) is 0 Å². The van der Waals surface area contributed by atoms with E-state index in [2.05, 4.69) is 5.32 Å². The number of methoxy groups -OCH3 is 1. The first-order valence-corrected chi connectivity index (χ1v) is 11.5. The molecule has 2 aromatic rings. The van der Waals surface area contributed by atoms with Crippen LogP contribution in [0, 0.1) is 5.92 Å². The maximum absolute atomic E-state index is 12.9. The normalized spacial score (nSPS) is 19.5. The van der Waals surface area contributed by atoms with Gasteiger partial charge in [-0.25, -0.2) is 4.90 Å². The van der Waals surface area contributed by atoms with Gasteiger partial charge < -0.3 is 10.1 Å². The van der Waals surface area contributed by atoms with Crippen LogP contribution < -0.4 is 15.0 Å². The number of carbonyl (C=O) groups is 3. The van der Waals surface area contributed by atoms with E-state index in [0.29, 0.717) is 11.4 Å². The van der Waals surface area contributed by atoms with Gasteiger partial charge >= 0.3 is 0 Å². The fourth-order valence-corrected chi connectivity index (χ4v) is 5.14. The van der Waals surface area contributed by atoms with E-state index in [1.54, 1.807) is 31.4 Å². The number of rotatable bonds is 6. The molecule has 3 amide bonds. The van der Waals surface area contributed by atoms with Gasteiger partial charge in [0.15, 0.2) is 0 Å². The first-order valence-electron chi connectivity index (χ1n) is 10.6. The minimum atomic E-state index is -0.461. The summed E-state index contributed by atoms with van der Waals surface area (Å²) in [5.74, 6) is 0.448. The van der Waals surface area contributed by atoms with Crippen molar-refractivity contribution < 1.29 is 19.1 Å². The predicted octanol–water partition coefficient (Wildman–Crippen LogP) is 4.64. The summed E-state index contributed by atoms with van der Waals surface area (Å²) in [6.07, 6.45) is 5.54. The topological polar surface area (TPSA) is 75.7 Å². The lowest BCUT2D eigenvalue weighted by molar-refractivity contribution is -0.122. The summed E-state index contributed by atoms with van der Waals surface area (Å²) in [7, 11) is 1.57. The molecule has 0 spiro atoms. The summed E-state index contributed by atoms with van der Waals surface area (Å²) < 4.78 is 5.13. The molecular formula is C24H26N2O4S. The van der Waals surface area contributed by atoms with E-state index >= 15 is 0 Å². The molecule has 2 fully saturated rings. The number of benzene rings is 2. The number of thioether (sulfide) groups is 1. The molecule has 6 nitrogen and oxygen atoms in total. The maximum atomic E-state index is 12.9. The monoisotopic (exact) mass is 438 g/mol. The Hall–Kier alpha value is -2.80. The van der Waals surface area contributed by atoms with E-state index in [-0.39, 0.29) is 30.1 Å². The van der Waals surface area contributed by atoms with Crippen molar-refractivity contribution in [2.45, 2.75) is 48.7 Å². The first kappa shape index (κ1) is 21.4. The van der Waals surface area contributed by atoms with Crippen LogP contribution in [0.5, 0.6) is 5.75 Å². The van der Waals surface area contributed by atoms with Crippen LogP contribution in [0.2, 0.25) is 0 Å². The van der Waals surface area contributed by atoms with E-state index < -0.39 is 5.25 Å². The second kappa shape index (κ2) is 9.56. The van der Waals surface area contributed by atoms with Crippen molar-refractivity contribution in [2.24, 2.45) is 5.92 Å². The molecule has 2 aromatic carbocycles. The number of hydrogen-bond donors (Lipinski definition) is 1. The highest BCUT2D eigenvalue weighted by atomic mass is 32.2. The molecular weight excluding hydrogens is 412 g/mol. The van der Waals surface area contributed by atoms with Gasteiger partial charge in [0.05, 0.1) is 18.0 Å². The van der Waals surface area contributed by atoms with Crippen LogP contribution in [0.3, 0.4) is 0 Å². The molecule has 0 unspecified atom stereocenters. The average molecular weight is 439 g/mol. The molecule has 0 bridgehead atoms. The van der Waals surface area contributed by atoms with Crippen LogP contribution >= 0.6 is 11.8 Å². The fourth-order valence-electron chi connectivity index (χ4n) is 4.09. The Morgan fingerprint density at radius 2 is 1.68 bits per heavy atom. The molecule has 4 rings (SSSR count). The Bertz CT molecular complexity index is 953. The van der Waals surface area contributed by atoms with Crippen LogP contribution in [-0.4, -0.2) is 30.1 Å². The zero-order valence-corrected chi connectivity index (χ0v) is 18.3. The molecule has 1 heterocycles. The number of ether oxygens (including phenoxy) is 1. The summed E-state index contributed by atoms with van der Waals surface area (Å²) in [6.45, 7) is 0. The lowest BCUT2D eigenvalue weighted by Gasteiger charge is -2.20. The maximum Gasteiger partial charge on any atom is 0.247 e. The van der Waals surface area contributed by atoms with Crippen LogP contribution in [0.4, 0.5) is 11.4 Å². The first-order chi connectivity index (χ1) is 15.0. The lowest BCUT2D eigenvalue weighted by Crippen LogP contribution is -2.31. The largest absolute Gasteiger partial charge is 0.497 e. The number of nitrogens with one attached hydrogen (secondary N) is 1. The summed E-state index contributed by atoms with van der Waals surface area (Å²) in [4.78, 5) is 39.9. The van der Waals surface area contributed by atoms with Gasteiger partial charge in [0.25, 0.3) is 0 Å². The van der Waals surface area contributed by atoms with Gasteiger partial charge in [0, 0.05) is 22.9 Å². The fraction of sp³-hybridized carbons (Fsp3) is 0.375. The number of carbonyl (C=O) groups excluding carboxylic acids is 3. The Morgan fingerprint density at radius 1 is 1.00 bits per heavy atom. The van der Waals surface area contributed by atoms with Gasteiger partial charge in [-0.3, -0.25) is 14.4 Å². The van der Waals surface area contributed by atoms with Crippen molar-refractivity contribution in [3.8, 4) is 5.75 Å². The highest BCUT2D eigenvalue weighted by Crippen LogP contribution is 2.35. The van der Waals surface area contributed by atoms with E-state index in [9.17, 15) is 14.4 Å². The second-order valence-corrected chi connectivity index (χ2v) is 9.20. The van der Waals surface area contributed by atoms with Crippen LogP contribution in [0.25, 0.3) is 0 Å². The zero-order chi connectivity index (χ0) is 21.8. The Kier molecular flexibility index (Phi) is 6.61.